The van der Waals surface area contributed by atoms with E-state index >= 15 is 0 Å². The number of hydrogen-bond acceptors (Lipinski definition) is 7. The van der Waals surface area contributed by atoms with Crippen LogP contribution in [0.5, 0.6) is 11.5 Å². The van der Waals surface area contributed by atoms with Crippen molar-refractivity contribution in [2.45, 2.75) is 6.04 Å². The first kappa shape index (κ1) is 17.7. The summed E-state index contributed by atoms with van der Waals surface area (Å²) in [6, 6.07) is 16.1. The van der Waals surface area contributed by atoms with Gasteiger partial charge in [0, 0.05) is 6.07 Å². The van der Waals surface area contributed by atoms with E-state index in [0.29, 0.717) is 21.6 Å². The molecule has 2 aromatic carbocycles. The zero-order chi connectivity index (χ0) is 18.4. The van der Waals surface area contributed by atoms with Crippen LogP contribution >= 0.6 is 11.3 Å². The number of rotatable bonds is 7. The molecule has 26 heavy (non-hydrogen) atoms. The number of nitrogens with two attached hydrogens (primary N) is 1. The van der Waals surface area contributed by atoms with Gasteiger partial charge in [-0.1, -0.05) is 47.7 Å². The van der Waals surface area contributed by atoms with E-state index in [1.54, 1.807) is 31.4 Å². The largest absolute Gasteiger partial charge is 0.497 e. The molecule has 134 valence electrons. The zero-order valence-electron chi connectivity index (χ0n) is 14.1. The van der Waals surface area contributed by atoms with Crippen LogP contribution < -0.4 is 20.5 Å². The highest BCUT2D eigenvalue weighted by molar-refractivity contribution is 7.15. The fourth-order valence-corrected chi connectivity index (χ4v) is 3.03. The molecule has 3 rings (SSSR count). The maximum absolute atomic E-state index is 12.4. The van der Waals surface area contributed by atoms with E-state index < -0.39 is 6.04 Å². The molecule has 0 aliphatic heterocycles. The Hall–Kier alpha value is -3.13. The van der Waals surface area contributed by atoms with E-state index in [0.717, 1.165) is 5.56 Å². The average Bonchev–Trinajstić information content (AvgIpc) is 3.11. The van der Waals surface area contributed by atoms with E-state index in [4.69, 9.17) is 15.2 Å². The van der Waals surface area contributed by atoms with Crippen molar-refractivity contribution in [1.82, 2.24) is 15.5 Å². The minimum atomic E-state index is -0.438. The summed E-state index contributed by atoms with van der Waals surface area (Å²) in [4.78, 5) is 12.4. The van der Waals surface area contributed by atoms with Crippen LogP contribution in [0.4, 0.5) is 5.13 Å². The van der Waals surface area contributed by atoms with Crippen molar-refractivity contribution in [3.8, 4) is 11.5 Å². The molecule has 1 amide bonds. The smallest absolute Gasteiger partial charge is 0.258 e. The second-order valence-electron chi connectivity index (χ2n) is 5.36. The van der Waals surface area contributed by atoms with Gasteiger partial charge in [-0.15, -0.1) is 10.2 Å². The van der Waals surface area contributed by atoms with E-state index in [-0.39, 0.29) is 12.5 Å². The highest BCUT2D eigenvalue weighted by Crippen LogP contribution is 2.26. The SMILES string of the molecule is COc1cccc(OCC(=O)NC(c2ccccc2)c2nnc(N)s2)c1. The standard InChI is InChI=1S/C18H18N4O3S/c1-24-13-8-5-9-14(10-13)25-11-15(23)20-16(12-6-3-2-4-7-12)17-21-22-18(19)26-17/h2-10,16H,11H2,1H3,(H2,19,22)(H,20,23). The second-order valence-corrected chi connectivity index (χ2v) is 6.40. The number of amides is 1. The number of nitrogens with zero attached hydrogens (tertiary/aromatic N) is 2. The third-order valence-corrected chi connectivity index (χ3v) is 4.37. The van der Waals surface area contributed by atoms with Crippen LogP contribution in [0.3, 0.4) is 0 Å². The number of nitrogens with one attached hydrogen (secondary N) is 1. The van der Waals surface area contributed by atoms with Crippen molar-refractivity contribution in [3.05, 3.63) is 65.2 Å². The Labute approximate surface area is 154 Å². The lowest BCUT2D eigenvalue weighted by Crippen LogP contribution is -2.33. The Morgan fingerprint density at radius 2 is 1.92 bits per heavy atom. The quantitative estimate of drug-likeness (QED) is 0.663. The molecule has 0 bridgehead atoms. The molecule has 3 N–H and O–H groups in total. The van der Waals surface area contributed by atoms with Gasteiger partial charge < -0.3 is 20.5 Å². The van der Waals surface area contributed by atoms with Gasteiger partial charge in [0.25, 0.3) is 5.91 Å². The molecule has 8 heteroatoms. The molecule has 0 fully saturated rings. The molecular formula is C18H18N4O3S. The molecule has 3 aromatic rings. The summed E-state index contributed by atoms with van der Waals surface area (Å²) in [7, 11) is 1.57. The number of nitrogen functional groups attached to an aromatic ring is 1. The molecule has 0 saturated heterocycles. The van der Waals surface area contributed by atoms with Gasteiger partial charge in [0.15, 0.2) is 6.61 Å². The van der Waals surface area contributed by atoms with E-state index in [9.17, 15) is 4.79 Å². The highest BCUT2D eigenvalue weighted by Gasteiger charge is 2.21. The van der Waals surface area contributed by atoms with Crippen molar-refractivity contribution in [1.29, 1.82) is 0 Å². The predicted octanol–water partition coefficient (Wildman–Crippen LogP) is 2.41. The van der Waals surface area contributed by atoms with Gasteiger partial charge in [-0.25, -0.2) is 0 Å². The Balaban J connectivity index is 1.69. The third-order valence-electron chi connectivity index (χ3n) is 3.55. The molecule has 0 spiro atoms. The van der Waals surface area contributed by atoms with Crippen LogP contribution in [0.1, 0.15) is 16.6 Å². The topological polar surface area (TPSA) is 99.4 Å². The number of benzene rings is 2. The first-order valence-electron chi connectivity index (χ1n) is 7.86. The Bertz CT molecular complexity index is 870. The predicted molar refractivity (Wildman–Crippen MR) is 99.2 cm³/mol. The Morgan fingerprint density at radius 1 is 1.15 bits per heavy atom. The maximum atomic E-state index is 12.4. The molecule has 1 heterocycles. The maximum Gasteiger partial charge on any atom is 0.258 e. The van der Waals surface area contributed by atoms with Crippen molar-refractivity contribution >= 4 is 22.4 Å². The number of carbonyl (C=O) groups excluding carboxylic acids is 1. The summed E-state index contributed by atoms with van der Waals surface area (Å²) in [6.45, 7) is -0.134. The van der Waals surface area contributed by atoms with Crippen LogP contribution in [-0.2, 0) is 4.79 Å². The molecule has 0 aliphatic carbocycles. The summed E-state index contributed by atoms with van der Waals surface area (Å²) >= 11 is 1.24. The molecule has 1 atom stereocenters. The fourth-order valence-electron chi connectivity index (χ4n) is 2.34. The second kappa shape index (κ2) is 8.30. The normalized spacial score (nSPS) is 11.6. The number of carbonyl (C=O) groups is 1. The van der Waals surface area contributed by atoms with Gasteiger partial charge in [-0.05, 0) is 17.7 Å². The zero-order valence-corrected chi connectivity index (χ0v) is 14.9. The minimum Gasteiger partial charge on any atom is -0.497 e. The summed E-state index contributed by atoms with van der Waals surface area (Å²) in [5, 5.41) is 11.8. The Kier molecular flexibility index (Phi) is 5.65. The van der Waals surface area contributed by atoms with Gasteiger partial charge in [0.05, 0.1) is 7.11 Å². The first-order valence-corrected chi connectivity index (χ1v) is 8.67. The van der Waals surface area contributed by atoms with Crippen molar-refractivity contribution in [2.24, 2.45) is 0 Å². The molecule has 0 radical (unpaired) electrons. The van der Waals surface area contributed by atoms with Gasteiger partial charge in [-0.2, -0.15) is 0 Å². The highest BCUT2D eigenvalue weighted by atomic mass is 32.1. The molecule has 7 nitrogen and oxygen atoms in total. The van der Waals surface area contributed by atoms with Crippen molar-refractivity contribution in [2.75, 3.05) is 19.5 Å². The summed E-state index contributed by atoms with van der Waals surface area (Å²) < 4.78 is 10.7. The summed E-state index contributed by atoms with van der Waals surface area (Å²) in [5.41, 5.74) is 6.57. The minimum absolute atomic E-state index is 0.134. The number of hydrogen-bond donors (Lipinski definition) is 2. The van der Waals surface area contributed by atoms with Crippen molar-refractivity contribution in [3.63, 3.8) is 0 Å². The molecule has 1 aromatic heterocycles. The molecule has 0 saturated carbocycles. The van der Waals surface area contributed by atoms with Gasteiger partial charge >= 0.3 is 0 Å². The lowest BCUT2D eigenvalue weighted by atomic mass is 10.1. The van der Waals surface area contributed by atoms with E-state index in [2.05, 4.69) is 15.5 Å². The average molecular weight is 370 g/mol. The van der Waals surface area contributed by atoms with Gasteiger partial charge in [0.1, 0.15) is 22.5 Å². The van der Waals surface area contributed by atoms with Crippen LogP contribution in [0.25, 0.3) is 0 Å². The summed E-state index contributed by atoms with van der Waals surface area (Å²) in [6.07, 6.45) is 0. The lowest BCUT2D eigenvalue weighted by Gasteiger charge is -2.17. The monoisotopic (exact) mass is 370 g/mol. The number of anilines is 1. The van der Waals surface area contributed by atoms with Crippen LogP contribution in [0.15, 0.2) is 54.6 Å². The first-order chi connectivity index (χ1) is 12.7. The van der Waals surface area contributed by atoms with E-state index in [1.807, 2.05) is 30.3 Å². The van der Waals surface area contributed by atoms with Gasteiger partial charge in [-0.3, -0.25) is 4.79 Å². The molecular weight excluding hydrogens is 352 g/mol. The van der Waals surface area contributed by atoms with Crippen LogP contribution in [0.2, 0.25) is 0 Å². The van der Waals surface area contributed by atoms with Gasteiger partial charge in [0.2, 0.25) is 5.13 Å². The Morgan fingerprint density at radius 3 is 2.62 bits per heavy atom. The van der Waals surface area contributed by atoms with E-state index in [1.165, 1.54) is 11.3 Å². The van der Waals surface area contributed by atoms with Crippen LogP contribution in [0, 0.1) is 0 Å². The summed E-state index contributed by atoms with van der Waals surface area (Å²) in [5.74, 6) is 0.931. The fraction of sp³-hybridized carbons (Fsp3) is 0.167. The lowest BCUT2D eigenvalue weighted by molar-refractivity contribution is -0.123. The molecule has 0 aliphatic rings. The van der Waals surface area contributed by atoms with Crippen molar-refractivity contribution < 1.29 is 14.3 Å². The molecule has 1 unspecified atom stereocenters. The number of methoxy groups -OCH3 is 1. The van der Waals surface area contributed by atoms with Crippen LogP contribution in [-0.4, -0.2) is 29.8 Å². The third kappa shape index (κ3) is 4.48. The number of ether oxygens (including phenoxy) is 2. The number of aromatic nitrogens is 2.